The topological polar surface area (TPSA) is 78.9 Å². The summed E-state index contributed by atoms with van der Waals surface area (Å²) in [5, 5.41) is 11.6. The van der Waals surface area contributed by atoms with E-state index in [0.29, 0.717) is 37.1 Å². The maximum Gasteiger partial charge on any atom is 0.426 e. The number of ether oxygens (including phenoxy) is 1. The van der Waals surface area contributed by atoms with E-state index in [1.54, 1.807) is 41.3 Å². The molecule has 1 aliphatic heterocycles. The fourth-order valence-corrected chi connectivity index (χ4v) is 4.11. The molecular weight excluding hydrogens is 485 g/mol. The molecule has 1 unspecified atom stereocenters. The predicted molar refractivity (Wildman–Crippen MR) is 133 cm³/mol. The lowest BCUT2D eigenvalue weighted by molar-refractivity contribution is -0.242. The lowest BCUT2D eigenvalue weighted by Crippen LogP contribution is -2.52. The van der Waals surface area contributed by atoms with Crippen molar-refractivity contribution < 1.29 is 32.6 Å². The Bertz CT molecular complexity index is 1220. The van der Waals surface area contributed by atoms with Gasteiger partial charge in [-0.25, -0.2) is 0 Å². The second-order valence-electron chi connectivity index (χ2n) is 9.15. The van der Waals surface area contributed by atoms with Crippen LogP contribution in [0.25, 0.3) is 0 Å². The van der Waals surface area contributed by atoms with E-state index in [0.717, 1.165) is 18.4 Å². The Hall–Kier alpha value is -3.85. The number of carbonyl (C=O) groups is 2. The highest BCUT2D eigenvalue weighted by molar-refractivity contribution is 5.97. The number of hydrogen-bond donors (Lipinski definition) is 2. The Labute approximate surface area is 212 Å². The minimum atomic E-state index is -5.08. The van der Waals surface area contributed by atoms with E-state index in [4.69, 9.17) is 4.74 Å². The van der Waals surface area contributed by atoms with Crippen molar-refractivity contribution in [2.24, 2.45) is 0 Å². The molecule has 0 spiro atoms. The van der Waals surface area contributed by atoms with Crippen molar-refractivity contribution in [1.82, 2.24) is 4.90 Å². The van der Waals surface area contributed by atoms with Crippen LogP contribution in [-0.2, 0) is 4.79 Å². The number of piperidine rings is 1. The molecule has 6 nitrogen and oxygen atoms in total. The second kappa shape index (κ2) is 10.6. The number of carbonyl (C=O) groups excluding carboxylic acids is 2. The molecule has 1 saturated heterocycles. The summed E-state index contributed by atoms with van der Waals surface area (Å²) >= 11 is 0. The van der Waals surface area contributed by atoms with Gasteiger partial charge in [0.2, 0.25) is 5.60 Å². The van der Waals surface area contributed by atoms with Gasteiger partial charge >= 0.3 is 6.18 Å². The molecule has 3 aromatic carbocycles. The number of aliphatic hydroxyl groups is 1. The SMILES string of the molecule is CC(O)(C(=O)Nc1ccc(C2CCN(C(=O)c3ccc(Oc4ccccc4)cc3)CC2)cc1)C(F)(F)F. The number of nitrogens with one attached hydrogen (secondary N) is 1. The third-order valence-corrected chi connectivity index (χ3v) is 6.50. The van der Waals surface area contributed by atoms with Gasteiger partial charge < -0.3 is 20.1 Å². The molecular formula is C28H27F3N2O4. The summed E-state index contributed by atoms with van der Waals surface area (Å²) in [7, 11) is 0. The third-order valence-electron chi connectivity index (χ3n) is 6.50. The number of amides is 2. The van der Waals surface area contributed by atoms with Crippen molar-refractivity contribution in [3.63, 3.8) is 0 Å². The summed E-state index contributed by atoms with van der Waals surface area (Å²) in [5.41, 5.74) is -1.78. The fourth-order valence-electron chi connectivity index (χ4n) is 4.11. The third kappa shape index (κ3) is 6.11. The van der Waals surface area contributed by atoms with Gasteiger partial charge in [-0.2, -0.15) is 13.2 Å². The number of para-hydroxylation sites is 1. The van der Waals surface area contributed by atoms with Crippen LogP contribution >= 0.6 is 0 Å². The first-order valence-electron chi connectivity index (χ1n) is 11.9. The zero-order valence-electron chi connectivity index (χ0n) is 20.2. The Morgan fingerprint density at radius 2 is 1.46 bits per heavy atom. The number of anilines is 1. The number of nitrogens with zero attached hydrogens (tertiary/aromatic N) is 1. The molecule has 4 rings (SSSR count). The van der Waals surface area contributed by atoms with E-state index < -0.39 is 17.7 Å². The van der Waals surface area contributed by atoms with Crippen molar-refractivity contribution in [2.75, 3.05) is 18.4 Å². The van der Waals surface area contributed by atoms with Crippen molar-refractivity contribution in [1.29, 1.82) is 0 Å². The Balaban J connectivity index is 1.30. The molecule has 1 atom stereocenters. The quantitative estimate of drug-likeness (QED) is 0.441. The molecule has 0 bridgehead atoms. The van der Waals surface area contributed by atoms with E-state index in [-0.39, 0.29) is 17.5 Å². The number of benzene rings is 3. The molecule has 194 valence electrons. The van der Waals surface area contributed by atoms with E-state index in [1.165, 1.54) is 12.1 Å². The molecule has 0 radical (unpaired) electrons. The molecule has 1 fully saturated rings. The summed E-state index contributed by atoms with van der Waals surface area (Å²) < 4.78 is 44.3. The first kappa shape index (κ1) is 26.2. The highest BCUT2D eigenvalue weighted by atomic mass is 19.4. The summed E-state index contributed by atoms with van der Waals surface area (Å²) in [6, 6.07) is 22.9. The fraction of sp³-hybridized carbons (Fsp3) is 0.286. The van der Waals surface area contributed by atoms with Crippen molar-refractivity contribution in [2.45, 2.75) is 37.5 Å². The van der Waals surface area contributed by atoms with E-state index in [1.807, 2.05) is 30.3 Å². The van der Waals surface area contributed by atoms with Gasteiger partial charge in [-0.05, 0) is 79.8 Å². The molecule has 2 N–H and O–H groups in total. The molecule has 1 heterocycles. The Kier molecular flexibility index (Phi) is 7.54. The predicted octanol–water partition coefficient (Wildman–Crippen LogP) is 5.75. The highest BCUT2D eigenvalue weighted by Gasteiger charge is 2.55. The van der Waals surface area contributed by atoms with Gasteiger partial charge in [0.05, 0.1) is 0 Å². The van der Waals surface area contributed by atoms with Crippen molar-refractivity contribution in [3.8, 4) is 11.5 Å². The van der Waals surface area contributed by atoms with Gasteiger partial charge in [-0.15, -0.1) is 0 Å². The summed E-state index contributed by atoms with van der Waals surface area (Å²) in [6.07, 6.45) is -3.62. The maximum atomic E-state index is 13.0. The van der Waals surface area contributed by atoms with E-state index >= 15 is 0 Å². The van der Waals surface area contributed by atoms with Gasteiger partial charge in [-0.1, -0.05) is 30.3 Å². The van der Waals surface area contributed by atoms with Gasteiger partial charge in [-0.3, -0.25) is 9.59 Å². The summed E-state index contributed by atoms with van der Waals surface area (Å²) in [5.74, 6) is -0.0668. The average Bonchev–Trinajstić information content (AvgIpc) is 2.89. The van der Waals surface area contributed by atoms with Gasteiger partial charge in [0.15, 0.2) is 0 Å². The van der Waals surface area contributed by atoms with E-state index in [2.05, 4.69) is 5.32 Å². The first-order chi connectivity index (χ1) is 17.5. The molecule has 37 heavy (non-hydrogen) atoms. The number of likely N-dealkylation sites (tertiary alicyclic amines) is 1. The molecule has 0 aromatic heterocycles. The normalized spacial score (nSPS) is 16.1. The smallest absolute Gasteiger partial charge is 0.426 e. The standard InChI is InChI=1S/C28H27F3N2O4/c1-27(36,28(29,30)31)26(35)32-22-11-7-19(8-12-22)20-15-17-33(18-16-20)25(34)21-9-13-24(14-10-21)37-23-5-3-2-4-6-23/h2-14,20,36H,15-18H2,1H3,(H,32,35). The van der Waals surface area contributed by atoms with Gasteiger partial charge in [0, 0.05) is 24.3 Å². The lowest BCUT2D eigenvalue weighted by Gasteiger charge is -2.32. The minimum Gasteiger partial charge on any atom is -0.457 e. The van der Waals surface area contributed by atoms with Gasteiger partial charge in [0.1, 0.15) is 11.5 Å². The number of hydrogen-bond acceptors (Lipinski definition) is 4. The zero-order chi connectivity index (χ0) is 26.6. The molecule has 2 amide bonds. The van der Waals surface area contributed by atoms with Crippen LogP contribution in [0, 0.1) is 0 Å². The van der Waals surface area contributed by atoms with Crippen LogP contribution in [0.4, 0.5) is 18.9 Å². The molecule has 3 aromatic rings. The average molecular weight is 513 g/mol. The largest absolute Gasteiger partial charge is 0.457 e. The molecule has 0 aliphatic carbocycles. The zero-order valence-corrected chi connectivity index (χ0v) is 20.2. The van der Waals surface area contributed by atoms with Crippen molar-refractivity contribution >= 4 is 17.5 Å². The van der Waals surface area contributed by atoms with Crippen LogP contribution in [0.2, 0.25) is 0 Å². The number of alkyl halides is 3. The van der Waals surface area contributed by atoms with Crippen LogP contribution in [0.5, 0.6) is 11.5 Å². The minimum absolute atomic E-state index is 0.0560. The van der Waals surface area contributed by atoms with Gasteiger partial charge in [0.25, 0.3) is 11.8 Å². The second-order valence-corrected chi connectivity index (χ2v) is 9.15. The van der Waals surface area contributed by atoms with Crippen LogP contribution in [-0.4, -0.2) is 46.7 Å². The van der Waals surface area contributed by atoms with Crippen LogP contribution in [0.1, 0.15) is 41.6 Å². The van der Waals surface area contributed by atoms with Crippen LogP contribution in [0.15, 0.2) is 78.9 Å². The van der Waals surface area contributed by atoms with Crippen LogP contribution < -0.4 is 10.1 Å². The maximum absolute atomic E-state index is 13.0. The summed E-state index contributed by atoms with van der Waals surface area (Å²) in [4.78, 5) is 26.6. The highest BCUT2D eigenvalue weighted by Crippen LogP contribution is 2.32. The number of halogens is 3. The monoisotopic (exact) mass is 512 g/mol. The summed E-state index contributed by atoms with van der Waals surface area (Å²) in [6.45, 7) is 1.55. The molecule has 1 aliphatic rings. The number of rotatable bonds is 6. The Morgan fingerprint density at radius 1 is 0.892 bits per heavy atom. The molecule has 9 heteroatoms. The lowest BCUT2D eigenvalue weighted by atomic mass is 9.89. The molecule has 0 saturated carbocycles. The van der Waals surface area contributed by atoms with Crippen LogP contribution in [0.3, 0.4) is 0 Å². The first-order valence-corrected chi connectivity index (χ1v) is 11.9. The Morgan fingerprint density at radius 3 is 2.03 bits per heavy atom. The van der Waals surface area contributed by atoms with Crippen molar-refractivity contribution in [3.05, 3.63) is 90.0 Å². The van der Waals surface area contributed by atoms with E-state index in [9.17, 15) is 27.9 Å².